The molecule has 0 aliphatic carbocycles. The quantitative estimate of drug-likeness (QED) is 0.489. The number of halogens is 1. The van der Waals surface area contributed by atoms with Gasteiger partial charge in [-0.25, -0.2) is 9.97 Å². The van der Waals surface area contributed by atoms with Gasteiger partial charge >= 0.3 is 0 Å². The smallest absolute Gasteiger partial charge is 0.229 e. The molecule has 10 heteroatoms. The van der Waals surface area contributed by atoms with Crippen LogP contribution in [-0.2, 0) is 0 Å². The molecule has 34 heavy (non-hydrogen) atoms. The third kappa shape index (κ3) is 4.73. The Morgan fingerprint density at radius 1 is 0.971 bits per heavy atom. The van der Waals surface area contributed by atoms with E-state index in [2.05, 4.69) is 20.4 Å². The van der Waals surface area contributed by atoms with E-state index >= 15 is 0 Å². The molecule has 1 atom stereocenters. The first-order chi connectivity index (χ1) is 16.4. The highest BCUT2D eigenvalue weighted by Gasteiger charge is 2.30. The van der Waals surface area contributed by atoms with Crippen LogP contribution in [0.2, 0.25) is 5.15 Å². The fourth-order valence-corrected chi connectivity index (χ4v) is 4.78. The number of benzene rings is 1. The van der Waals surface area contributed by atoms with Crippen LogP contribution in [0.4, 0.5) is 17.6 Å². The molecule has 5 rings (SSSR count). The maximum Gasteiger partial charge on any atom is 0.229 e. The van der Waals surface area contributed by atoms with E-state index in [9.17, 15) is 5.11 Å². The van der Waals surface area contributed by atoms with Crippen molar-refractivity contribution in [1.29, 1.82) is 0 Å². The van der Waals surface area contributed by atoms with Crippen molar-refractivity contribution in [3.63, 3.8) is 0 Å². The molecule has 3 N–H and O–H groups in total. The normalized spacial score (nSPS) is 17.9. The second-order valence-corrected chi connectivity index (χ2v) is 9.81. The van der Waals surface area contributed by atoms with Crippen molar-refractivity contribution in [3.05, 3.63) is 41.0 Å². The standard InChI is InChI=1S/C24H31ClN8O/c1-24(2,34)18(16-8-4-3-5-9-16)28-21-19(25)27-17-20(29-21)30-23(33-14-10-26-11-15-33)31-22(17)32-12-6-7-13-32/h3-5,8-9,18,26,34H,6-7,10-15H2,1-2H3,(H,28,29,30,31)/t18-/m0/s1. The molecule has 9 nitrogen and oxygen atoms in total. The van der Waals surface area contributed by atoms with Crippen LogP contribution in [0, 0.1) is 0 Å². The molecule has 180 valence electrons. The molecule has 2 aliphatic heterocycles. The second-order valence-electron chi connectivity index (χ2n) is 9.46. The number of nitrogens with zero attached hydrogens (tertiary/aromatic N) is 6. The summed E-state index contributed by atoms with van der Waals surface area (Å²) in [5.41, 5.74) is 0.963. The van der Waals surface area contributed by atoms with Gasteiger partial charge in [-0.3, -0.25) is 0 Å². The summed E-state index contributed by atoms with van der Waals surface area (Å²) in [5, 5.41) is 17.8. The van der Waals surface area contributed by atoms with Gasteiger partial charge in [0.1, 0.15) is 0 Å². The van der Waals surface area contributed by atoms with Crippen LogP contribution >= 0.6 is 11.6 Å². The Hall–Kier alpha value is -2.75. The summed E-state index contributed by atoms with van der Waals surface area (Å²) < 4.78 is 0. The summed E-state index contributed by atoms with van der Waals surface area (Å²) in [5.74, 6) is 1.85. The lowest BCUT2D eigenvalue weighted by molar-refractivity contribution is 0.0588. The Bertz CT molecular complexity index is 1140. The summed E-state index contributed by atoms with van der Waals surface area (Å²) >= 11 is 6.64. The molecular weight excluding hydrogens is 452 g/mol. The molecule has 0 unspecified atom stereocenters. The van der Waals surface area contributed by atoms with Crippen molar-refractivity contribution < 1.29 is 5.11 Å². The van der Waals surface area contributed by atoms with Gasteiger partial charge in [-0.15, -0.1) is 0 Å². The van der Waals surface area contributed by atoms with E-state index in [0.717, 1.165) is 63.5 Å². The number of fused-ring (bicyclic) bond motifs is 1. The van der Waals surface area contributed by atoms with Crippen molar-refractivity contribution >= 4 is 40.3 Å². The van der Waals surface area contributed by atoms with Gasteiger partial charge < -0.3 is 25.5 Å². The lowest BCUT2D eigenvalue weighted by Crippen LogP contribution is -2.44. The number of piperazine rings is 1. The third-order valence-corrected chi connectivity index (χ3v) is 6.65. The van der Waals surface area contributed by atoms with Gasteiger partial charge in [0, 0.05) is 39.3 Å². The zero-order chi connectivity index (χ0) is 23.7. The summed E-state index contributed by atoms with van der Waals surface area (Å²) in [4.78, 5) is 23.6. The topological polar surface area (TPSA) is 102 Å². The Morgan fingerprint density at radius 3 is 2.35 bits per heavy atom. The fraction of sp³-hybridized carbons (Fsp3) is 0.500. The highest BCUT2D eigenvalue weighted by molar-refractivity contribution is 6.32. The lowest BCUT2D eigenvalue weighted by Gasteiger charge is -2.31. The summed E-state index contributed by atoms with van der Waals surface area (Å²) in [6, 6.07) is 9.33. The van der Waals surface area contributed by atoms with Crippen molar-refractivity contribution in [2.75, 3.05) is 54.4 Å². The van der Waals surface area contributed by atoms with Crippen LogP contribution in [-0.4, -0.2) is 69.9 Å². The van der Waals surface area contributed by atoms with E-state index in [1.165, 1.54) is 0 Å². The lowest BCUT2D eigenvalue weighted by atomic mass is 9.92. The van der Waals surface area contributed by atoms with E-state index in [-0.39, 0.29) is 5.15 Å². The first-order valence-electron chi connectivity index (χ1n) is 11.9. The number of hydrogen-bond acceptors (Lipinski definition) is 9. The molecule has 0 saturated carbocycles. The van der Waals surface area contributed by atoms with Crippen LogP contribution < -0.4 is 20.4 Å². The van der Waals surface area contributed by atoms with Crippen molar-refractivity contribution in [2.24, 2.45) is 0 Å². The van der Waals surface area contributed by atoms with Crippen LogP contribution in [0.25, 0.3) is 11.2 Å². The molecule has 0 radical (unpaired) electrons. The minimum absolute atomic E-state index is 0.233. The summed E-state index contributed by atoms with van der Waals surface area (Å²) in [7, 11) is 0. The van der Waals surface area contributed by atoms with E-state index in [0.29, 0.717) is 22.9 Å². The average Bonchev–Trinajstić information content (AvgIpc) is 3.37. The number of aromatic nitrogens is 4. The Kier molecular flexibility index (Phi) is 6.42. The molecule has 3 aromatic rings. The number of anilines is 3. The van der Waals surface area contributed by atoms with Gasteiger partial charge in [0.15, 0.2) is 28.0 Å². The van der Waals surface area contributed by atoms with E-state index in [4.69, 9.17) is 31.5 Å². The SMILES string of the molecule is CC(C)(O)[C@@H](Nc1nc2nc(N3CCNCC3)nc(N3CCCC3)c2nc1Cl)c1ccccc1. The van der Waals surface area contributed by atoms with Gasteiger partial charge in [-0.05, 0) is 32.3 Å². The van der Waals surface area contributed by atoms with Gasteiger partial charge in [0.25, 0.3) is 0 Å². The average molecular weight is 483 g/mol. The zero-order valence-corrected chi connectivity index (χ0v) is 20.4. The van der Waals surface area contributed by atoms with Gasteiger partial charge in [-0.1, -0.05) is 41.9 Å². The number of hydrogen-bond donors (Lipinski definition) is 3. The molecule has 4 heterocycles. The van der Waals surface area contributed by atoms with Crippen molar-refractivity contribution in [2.45, 2.75) is 38.3 Å². The number of aliphatic hydroxyl groups is 1. The molecule has 2 saturated heterocycles. The van der Waals surface area contributed by atoms with Gasteiger partial charge in [0.05, 0.1) is 11.6 Å². The van der Waals surface area contributed by atoms with E-state index in [1.807, 2.05) is 30.3 Å². The Labute approximate surface area is 204 Å². The highest BCUT2D eigenvalue weighted by atomic mass is 35.5. The van der Waals surface area contributed by atoms with Crippen LogP contribution in [0.15, 0.2) is 30.3 Å². The molecule has 0 bridgehead atoms. The zero-order valence-electron chi connectivity index (χ0n) is 19.6. The minimum Gasteiger partial charge on any atom is -0.388 e. The van der Waals surface area contributed by atoms with Gasteiger partial charge in [0.2, 0.25) is 5.95 Å². The highest BCUT2D eigenvalue weighted by Crippen LogP contribution is 2.34. The molecule has 2 aromatic heterocycles. The van der Waals surface area contributed by atoms with Crippen LogP contribution in [0.1, 0.15) is 38.3 Å². The molecule has 2 aliphatic rings. The Morgan fingerprint density at radius 2 is 1.68 bits per heavy atom. The van der Waals surface area contributed by atoms with Crippen LogP contribution in [0.5, 0.6) is 0 Å². The maximum absolute atomic E-state index is 10.9. The van der Waals surface area contributed by atoms with E-state index in [1.54, 1.807) is 13.8 Å². The van der Waals surface area contributed by atoms with Crippen LogP contribution in [0.3, 0.4) is 0 Å². The molecule has 2 fully saturated rings. The predicted octanol–water partition coefficient (Wildman–Crippen LogP) is 3.01. The number of nitrogens with one attached hydrogen (secondary N) is 2. The number of rotatable bonds is 6. The predicted molar refractivity (Wildman–Crippen MR) is 136 cm³/mol. The monoisotopic (exact) mass is 482 g/mol. The maximum atomic E-state index is 10.9. The largest absolute Gasteiger partial charge is 0.388 e. The van der Waals surface area contributed by atoms with Gasteiger partial charge in [-0.2, -0.15) is 9.97 Å². The summed E-state index contributed by atoms with van der Waals surface area (Å²) in [6.07, 6.45) is 2.25. The van der Waals surface area contributed by atoms with E-state index < -0.39 is 11.6 Å². The summed E-state index contributed by atoms with van der Waals surface area (Å²) in [6.45, 7) is 8.85. The first-order valence-corrected chi connectivity index (χ1v) is 12.3. The molecule has 1 aromatic carbocycles. The van der Waals surface area contributed by atoms with Crippen molar-refractivity contribution in [3.8, 4) is 0 Å². The molecule has 0 amide bonds. The fourth-order valence-electron chi connectivity index (χ4n) is 4.60. The third-order valence-electron chi connectivity index (χ3n) is 6.38. The minimum atomic E-state index is -1.07. The first kappa shape index (κ1) is 23.0. The molecule has 0 spiro atoms. The second kappa shape index (κ2) is 9.48. The molecular formula is C24H31ClN8O. The Balaban J connectivity index is 1.58. The van der Waals surface area contributed by atoms with Crippen molar-refractivity contribution in [1.82, 2.24) is 25.3 Å².